The van der Waals surface area contributed by atoms with Gasteiger partial charge in [-0.15, -0.1) is 0 Å². The highest BCUT2D eigenvalue weighted by Gasteiger charge is 2.17. The summed E-state index contributed by atoms with van der Waals surface area (Å²) in [7, 11) is 0. The monoisotopic (exact) mass is 887 g/mol. The molecule has 5 nitrogen and oxygen atoms in total. The molecule has 0 heterocycles. The largest absolute Gasteiger partial charge is 0.462 e. The third-order valence-electron chi connectivity index (χ3n) is 10.8. The zero-order valence-electron chi connectivity index (χ0n) is 41.8. The van der Waals surface area contributed by atoms with Crippen molar-refractivity contribution in [3.05, 3.63) is 109 Å². The smallest absolute Gasteiger partial charge is 0.306 e. The van der Waals surface area contributed by atoms with E-state index in [-0.39, 0.29) is 25.2 Å². The third-order valence-corrected chi connectivity index (χ3v) is 10.8. The van der Waals surface area contributed by atoms with Crippen LogP contribution >= 0.6 is 0 Å². The van der Waals surface area contributed by atoms with Crippen LogP contribution in [0.2, 0.25) is 0 Å². The Labute approximate surface area is 395 Å². The van der Waals surface area contributed by atoms with E-state index in [1.165, 1.54) is 70.6 Å². The fourth-order valence-electron chi connectivity index (χ4n) is 6.90. The van der Waals surface area contributed by atoms with Gasteiger partial charge in [-0.3, -0.25) is 9.59 Å². The molecule has 0 N–H and O–H groups in total. The summed E-state index contributed by atoms with van der Waals surface area (Å²) in [6, 6.07) is 0. The average Bonchev–Trinajstić information content (AvgIpc) is 3.30. The minimum atomic E-state index is -0.574. The van der Waals surface area contributed by atoms with Crippen molar-refractivity contribution in [2.75, 3.05) is 19.8 Å². The number of rotatable bonds is 47. The summed E-state index contributed by atoms with van der Waals surface area (Å²) in [6.07, 6.45) is 73.9. The number of unbranched alkanes of at least 4 members (excludes halogenated alkanes) is 18. The number of allylic oxidation sites excluding steroid dienone is 18. The van der Waals surface area contributed by atoms with Gasteiger partial charge in [0, 0.05) is 19.4 Å². The maximum atomic E-state index is 12.8. The Kier molecular flexibility index (Phi) is 51.0. The van der Waals surface area contributed by atoms with Crippen molar-refractivity contribution in [3.63, 3.8) is 0 Å². The van der Waals surface area contributed by atoms with Crippen LogP contribution in [-0.2, 0) is 23.8 Å². The van der Waals surface area contributed by atoms with Crippen molar-refractivity contribution in [3.8, 4) is 0 Å². The second-order valence-electron chi connectivity index (χ2n) is 17.0. The van der Waals surface area contributed by atoms with E-state index in [0.29, 0.717) is 19.4 Å². The van der Waals surface area contributed by atoms with Gasteiger partial charge in [0.2, 0.25) is 0 Å². The van der Waals surface area contributed by atoms with E-state index < -0.39 is 6.10 Å². The van der Waals surface area contributed by atoms with E-state index in [1.807, 2.05) is 0 Å². The number of carbonyl (C=O) groups excluding carboxylic acids is 2. The van der Waals surface area contributed by atoms with E-state index in [0.717, 1.165) is 122 Å². The molecule has 0 aliphatic heterocycles. The van der Waals surface area contributed by atoms with Crippen molar-refractivity contribution < 1.29 is 23.8 Å². The zero-order chi connectivity index (χ0) is 46.3. The topological polar surface area (TPSA) is 61.8 Å². The average molecular weight is 887 g/mol. The predicted molar refractivity (Wildman–Crippen MR) is 279 cm³/mol. The zero-order valence-corrected chi connectivity index (χ0v) is 41.8. The van der Waals surface area contributed by atoms with Gasteiger partial charge in [0.25, 0.3) is 0 Å². The molecule has 64 heavy (non-hydrogen) atoms. The molecule has 0 aromatic carbocycles. The molecule has 0 bridgehead atoms. The summed E-state index contributed by atoms with van der Waals surface area (Å²) >= 11 is 0. The Balaban J connectivity index is 4.39. The van der Waals surface area contributed by atoms with Crippen molar-refractivity contribution in [2.24, 2.45) is 0 Å². The molecule has 0 aromatic heterocycles. The molecule has 0 rings (SSSR count). The molecule has 0 aliphatic carbocycles. The van der Waals surface area contributed by atoms with Crippen LogP contribution in [0.5, 0.6) is 0 Å². The molecular formula is C59H98O5. The van der Waals surface area contributed by atoms with Crippen LogP contribution in [0.3, 0.4) is 0 Å². The maximum absolute atomic E-state index is 12.8. The van der Waals surface area contributed by atoms with Crippen molar-refractivity contribution >= 4 is 11.9 Å². The lowest BCUT2D eigenvalue weighted by molar-refractivity contribution is -0.163. The molecule has 0 aliphatic rings. The Bertz CT molecular complexity index is 1280. The molecule has 0 saturated heterocycles. The maximum Gasteiger partial charge on any atom is 0.306 e. The summed E-state index contributed by atoms with van der Waals surface area (Å²) in [6.45, 7) is 7.46. The lowest BCUT2D eigenvalue weighted by atomic mass is 10.1. The molecule has 5 heteroatoms. The number of ether oxygens (including phenoxy) is 3. The highest BCUT2D eigenvalue weighted by molar-refractivity contribution is 5.70. The number of esters is 2. The van der Waals surface area contributed by atoms with Gasteiger partial charge < -0.3 is 14.2 Å². The normalized spacial score (nSPS) is 13.1. The van der Waals surface area contributed by atoms with E-state index in [9.17, 15) is 9.59 Å². The Morgan fingerprint density at radius 1 is 0.359 bits per heavy atom. The van der Waals surface area contributed by atoms with E-state index >= 15 is 0 Å². The third kappa shape index (κ3) is 51.2. The van der Waals surface area contributed by atoms with Crippen molar-refractivity contribution in [1.82, 2.24) is 0 Å². The summed E-state index contributed by atoms with van der Waals surface area (Å²) < 4.78 is 17.4. The fourth-order valence-corrected chi connectivity index (χ4v) is 6.90. The van der Waals surface area contributed by atoms with Crippen LogP contribution in [0, 0.1) is 0 Å². The molecule has 0 fully saturated rings. The predicted octanol–water partition coefficient (Wildman–Crippen LogP) is 18.0. The van der Waals surface area contributed by atoms with Gasteiger partial charge in [-0.2, -0.15) is 0 Å². The van der Waals surface area contributed by atoms with E-state index in [1.54, 1.807) is 0 Å². The van der Waals surface area contributed by atoms with Crippen LogP contribution in [0.4, 0.5) is 0 Å². The van der Waals surface area contributed by atoms with E-state index in [2.05, 4.69) is 130 Å². The summed E-state index contributed by atoms with van der Waals surface area (Å²) in [5, 5.41) is 0. The minimum absolute atomic E-state index is 0.0533. The van der Waals surface area contributed by atoms with Gasteiger partial charge in [0.05, 0.1) is 6.61 Å². The molecular weight excluding hydrogens is 789 g/mol. The van der Waals surface area contributed by atoms with Gasteiger partial charge in [-0.05, 0) is 122 Å². The Hall–Kier alpha value is -3.44. The fraction of sp³-hybridized carbons (Fsp3) is 0.661. The van der Waals surface area contributed by atoms with Crippen LogP contribution < -0.4 is 0 Å². The van der Waals surface area contributed by atoms with Gasteiger partial charge in [0.1, 0.15) is 6.61 Å². The molecule has 0 saturated carbocycles. The lowest BCUT2D eigenvalue weighted by Crippen LogP contribution is -2.30. The minimum Gasteiger partial charge on any atom is -0.462 e. The van der Waals surface area contributed by atoms with Gasteiger partial charge in [0.15, 0.2) is 6.10 Å². The Morgan fingerprint density at radius 3 is 1.14 bits per heavy atom. The molecule has 0 aromatic rings. The molecule has 0 amide bonds. The van der Waals surface area contributed by atoms with Crippen LogP contribution in [0.15, 0.2) is 109 Å². The molecule has 364 valence electrons. The molecule has 0 spiro atoms. The summed E-state index contributed by atoms with van der Waals surface area (Å²) in [4.78, 5) is 25.4. The Morgan fingerprint density at radius 2 is 0.703 bits per heavy atom. The van der Waals surface area contributed by atoms with Crippen LogP contribution in [0.1, 0.15) is 226 Å². The van der Waals surface area contributed by atoms with Gasteiger partial charge in [-0.1, -0.05) is 201 Å². The second kappa shape index (κ2) is 53.9. The SMILES string of the molecule is CC/C=C\C/C=C\C/C=C\C/C=C\C/C=C\CCCCOCC(COC(=O)CCCCCCCCC/C=C\C/C=C\C/C=C\CC)OC(=O)CCCCCCC/C=C\CCCCCC. The van der Waals surface area contributed by atoms with Gasteiger partial charge in [-0.25, -0.2) is 0 Å². The highest BCUT2D eigenvalue weighted by Crippen LogP contribution is 2.13. The lowest BCUT2D eigenvalue weighted by Gasteiger charge is -2.18. The molecule has 0 radical (unpaired) electrons. The number of hydrogen-bond donors (Lipinski definition) is 0. The number of carbonyl (C=O) groups is 2. The molecule has 1 unspecified atom stereocenters. The molecule has 1 atom stereocenters. The first-order chi connectivity index (χ1) is 31.6. The quantitative estimate of drug-likeness (QED) is 0.0346. The first kappa shape index (κ1) is 60.6. The first-order valence-electron chi connectivity index (χ1n) is 26.4. The van der Waals surface area contributed by atoms with E-state index in [4.69, 9.17) is 14.2 Å². The summed E-state index contributed by atoms with van der Waals surface area (Å²) in [5.74, 6) is -0.447. The van der Waals surface area contributed by atoms with Crippen molar-refractivity contribution in [1.29, 1.82) is 0 Å². The van der Waals surface area contributed by atoms with Gasteiger partial charge >= 0.3 is 11.9 Å². The van der Waals surface area contributed by atoms with Crippen molar-refractivity contribution in [2.45, 2.75) is 232 Å². The first-order valence-corrected chi connectivity index (χ1v) is 26.4. The summed E-state index contributed by atoms with van der Waals surface area (Å²) in [5.41, 5.74) is 0. The standard InChI is InChI=1S/C59H98O5/c1-4-7-10-13-16-19-22-25-27-29-31-33-36-39-42-45-48-51-54-62-55-57(64-59(61)53-50-47-44-41-38-34-24-21-18-15-12-9-6-3)56-63-58(60)52-49-46-43-40-37-35-32-30-28-26-23-20-17-14-11-8-5-2/h7-8,10-11,16-17,19-21,24-28,31,33,39,42,57H,4-6,9,12-15,18,22-23,29-30,32,34-38,40-41,43-56H2,1-3H3/b10-7-,11-8-,19-16-,20-17-,24-21-,27-25-,28-26-,33-31-,42-39-. The number of hydrogen-bond acceptors (Lipinski definition) is 5. The highest BCUT2D eigenvalue weighted by atomic mass is 16.6. The van der Waals surface area contributed by atoms with Crippen LogP contribution in [-0.4, -0.2) is 37.9 Å². The second-order valence-corrected chi connectivity index (χ2v) is 17.0. The van der Waals surface area contributed by atoms with Crippen LogP contribution in [0.25, 0.3) is 0 Å².